The van der Waals surface area contributed by atoms with Crippen LogP contribution in [-0.2, 0) is 32.6 Å². The van der Waals surface area contributed by atoms with Gasteiger partial charge in [-0.3, -0.25) is 4.68 Å². The second-order valence-electron chi connectivity index (χ2n) is 12.7. The molecule has 263 valence electrons. The second kappa shape index (κ2) is 20.5. The Hall–Kier alpha value is -5.38. The first-order chi connectivity index (χ1) is 25.3. The number of allylic oxidation sites excluding steroid dienone is 4. The molecule has 0 fully saturated rings. The number of hydrogen-bond acceptors (Lipinski definition) is 3. The molecule has 7 aromatic rings. The van der Waals surface area contributed by atoms with Crippen molar-refractivity contribution < 1.29 is 19.5 Å². The summed E-state index contributed by atoms with van der Waals surface area (Å²) >= 11 is 0. The number of benzene rings is 5. The fraction of sp³-hybridized carbons (Fsp3) is 0.133. The smallest absolute Gasteiger partial charge is 0.108 e. The molecule has 5 nitrogen and oxygen atoms in total. The van der Waals surface area contributed by atoms with E-state index in [1.807, 2.05) is 46.0 Å². The Morgan fingerprint density at radius 2 is 0.865 bits per heavy atom. The molecule has 8 rings (SSSR count). The number of aromatic nitrogens is 5. The van der Waals surface area contributed by atoms with Crippen LogP contribution in [0.1, 0.15) is 36.9 Å². The van der Waals surface area contributed by atoms with Crippen molar-refractivity contribution in [1.29, 1.82) is 0 Å². The van der Waals surface area contributed by atoms with Crippen LogP contribution in [0.25, 0.3) is 0 Å². The van der Waals surface area contributed by atoms with Gasteiger partial charge in [0.25, 0.3) is 0 Å². The molecule has 0 amide bonds. The number of rotatable bonds is 8. The number of nitrogens with zero attached hydrogens (tertiary/aromatic N) is 5. The van der Waals surface area contributed by atoms with Crippen molar-refractivity contribution in [3.63, 3.8) is 0 Å². The van der Waals surface area contributed by atoms with Crippen LogP contribution in [0.3, 0.4) is 0 Å². The fourth-order valence-corrected chi connectivity index (χ4v) is 6.80. The van der Waals surface area contributed by atoms with E-state index in [-0.39, 0.29) is 19.5 Å². The molecule has 0 saturated heterocycles. The summed E-state index contributed by atoms with van der Waals surface area (Å²) in [5.74, 6) is 0. The van der Waals surface area contributed by atoms with Crippen LogP contribution < -0.4 is 21.9 Å². The number of hydrogen-bond donors (Lipinski definition) is 0. The minimum absolute atomic E-state index is 0. The predicted molar refractivity (Wildman–Crippen MR) is 214 cm³/mol. The Balaban J connectivity index is 0.000000169. The van der Waals surface area contributed by atoms with Crippen LogP contribution in [-0.4, -0.2) is 30.9 Å². The van der Waals surface area contributed by atoms with Crippen LogP contribution in [0, 0.1) is 0 Å². The molecule has 2 heterocycles. The van der Waals surface area contributed by atoms with Crippen molar-refractivity contribution in [3.05, 3.63) is 212 Å². The first-order valence-corrected chi connectivity index (χ1v) is 17.9. The fourth-order valence-electron chi connectivity index (χ4n) is 6.80. The van der Waals surface area contributed by atoms with E-state index in [1.54, 1.807) is 6.20 Å². The molecule has 0 unspecified atom stereocenters. The summed E-state index contributed by atoms with van der Waals surface area (Å²) < 4.78 is 3.67. The van der Waals surface area contributed by atoms with Gasteiger partial charge < -0.3 is 0 Å². The molecule has 2 aromatic heterocycles. The van der Waals surface area contributed by atoms with Crippen molar-refractivity contribution in [3.8, 4) is 0 Å². The van der Waals surface area contributed by atoms with Gasteiger partial charge in [0, 0.05) is 31.9 Å². The van der Waals surface area contributed by atoms with Gasteiger partial charge in [-0.05, 0) is 37.3 Å². The summed E-state index contributed by atoms with van der Waals surface area (Å²) in [6.07, 6.45) is 18.4. The van der Waals surface area contributed by atoms with E-state index in [2.05, 4.69) is 173 Å². The van der Waals surface area contributed by atoms with E-state index < -0.39 is 6.15 Å². The summed E-state index contributed by atoms with van der Waals surface area (Å²) in [5.41, 5.74) is 7.48. The van der Waals surface area contributed by atoms with Gasteiger partial charge in [0.05, 0.1) is 19.3 Å². The Labute approximate surface area is 321 Å². The Kier molecular flexibility index (Phi) is 14.9. The SMILES string of the molecule is C1=C\CC/C=C\CC/1.[Rh].c1ccc(Cn2cc(Cn3cccn3)nn2)cc1.c1ccc([B-](c2ccccc2)(c2ccccc2)c2ccccc2)cc1. The third-order valence-corrected chi connectivity index (χ3v) is 9.19. The van der Waals surface area contributed by atoms with Crippen LogP contribution in [0.2, 0.25) is 0 Å². The molecule has 5 aromatic carbocycles. The van der Waals surface area contributed by atoms with E-state index >= 15 is 0 Å². The maximum atomic E-state index is 4.14. The quantitative estimate of drug-likeness (QED) is 0.121. The molecule has 0 aliphatic heterocycles. The molecular formula is C45H45BN5Rh-. The van der Waals surface area contributed by atoms with Gasteiger partial charge in [0.2, 0.25) is 0 Å². The molecule has 0 atom stereocenters. The molecule has 1 aliphatic rings. The van der Waals surface area contributed by atoms with Crippen molar-refractivity contribution in [2.24, 2.45) is 0 Å². The van der Waals surface area contributed by atoms with Crippen LogP contribution >= 0.6 is 0 Å². The average molecular weight is 770 g/mol. The molecule has 7 heteroatoms. The van der Waals surface area contributed by atoms with E-state index in [0.29, 0.717) is 6.54 Å². The molecular weight excluding hydrogens is 724 g/mol. The molecule has 0 saturated carbocycles. The largest absolute Gasteiger partial charge is 0.267 e. The van der Waals surface area contributed by atoms with Crippen LogP contribution in [0.15, 0.2) is 201 Å². The molecule has 52 heavy (non-hydrogen) atoms. The third kappa shape index (κ3) is 10.3. The Bertz CT molecular complexity index is 1840. The Morgan fingerprint density at radius 3 is 1.25 bits per heavy atom. The molecule has 1 radical (unpaired) electrons. The van der Waals surface area contributed by atoms with Crippen molar-refractivity contribution in [1.82, 2.24) is 24.8 Å². The maximum absolute atomic E-state index is 4.14. The van der Waals surface area contributed by atoms with E-state index in [9.17, 15) is 0 Å². The summed E-state index contributed by atoms with van der Waals surface area (Å²) in [6.45, 7) is 1.40. The first kappa shape index (κ1) is 37.9. The minimum atomic E-state index is -1.22. The van der Waals surface area contributed by atoms with Gasteiger partial charge in [0.15, 0.2) is 0 Å². The van der Waals surface area contributed by atoms with Gasteiger partial charge in [-0.2, -0.15) is 26.9 Å². The second-order valence-corrected chi connectivity index (χ2v) is 12.7. The van der Waals surface area contributed by atoms with Crippen molar-refractivity contribution >= 4 is 28.0 Å². The van der Waals surface area contributed by atoms with Gasteiger partial charge in [-0.15, -0.1) is 5.10 Å². The predicted octanol–water partition coefficient (Wildman–Crippen LogP) is 7.31. The normalized spacial score (nSPS) is 13.4. The Morgan fingerprint density at radius 1 is 0.462 bits per heavy atom. The van der Waals surface area contributed by atoms with Crippen LogP contribution in [0.5, 0.6) is 0 Å². The van der Waals surface area contributed by atoms with E-state index in [1.165, 1.54) is 53.1 Å². The standard InChI is InChI=1S/C24H20B.C13H13N5.C8H12.Rh/c1-5-13-21(14-6-1)25(22-15-7-2-8-16-22,23-17-9-3-10-18-23)24-19-11-4-12-20-24;1-2-5-12(6-3-1)9-18-11-13(15-16-18)10-17-8-4-7-14-17;1-2-4-6-8-7-5-3-1;/h1-20H;1-8,11H,9-10H2;1-2,7-8H,3-6H2;/q-1;;;/b;;2-1-,8-7-;. The summed E-state index contributed by atoms with van der Waals surface area (Å²) in [6, 6.07) is 55.6. The molecule has 0 bridgehead atoms. The average Bonchev–Trinajstić information content (AvgIpc) is 3.87. The minimum Gasteiger partial charge on any atom is -0.267 e. The van der Waals surface area contributed by atoms with Crippen LogP contribution in [0.4, 0.5) is 0 Å². The maximum Gasteiger partial charge on any atom is 0.108 e. The summed E-state index contributed by atoms with van der Waals surface area (Å²) in [4.78, 5) is 0. The topological polar surface area (TPSA) is 48.5 Å². The summed E-state index contributed by atoms with van der Waals surface area (Å²) in [7, 11) is 0. The van der Waals surface area contributed by atoms with Gasteiger partial charge >= 0.3 is 0 Å². The first-order valence-electron chi connectivity index (χ1n) is 17.9. The molecule has 0 spiro atoms. The van der Waals surface area contributed by atoms with Crippen molar-refractivity contribution in [2.75, 3.05) is 0 Å². The zero-order chi connectivity index (χ0) is 34.8. The molecule has 1 aliphatic carbocycles. The summed E-state index contributed by atoms with van der Waals surface area (Å²) in [5, 5.41) is 12.4. The van der Waals surface area contributed by atoms with Gasteiger partial charge in [0.1, 0.15) is 11.8 Å². The van der Waals surface area contributed by atoms with Gasteiger partial charge in [-0.25, -0.2) is 4.68 Å². The molecule has 0 N–H and O–H groups in total. The van der Waals surface area contributed by atoms with E-state index in [4.69, 9.17) is 0 Å². The van der Waals surface area contributed by atoms with Crippen molar-refractivity contribution in [2.45, 2.75) is 38.8 Å². The zero-order valence-corrected chi connectivity index (χ0v) is 31.1. The van der Waals surface area contributed by atoms with E-state index in [0.717, 1.165) is 12.2 Å². The monoisotopic (exact) mass is 769 g/mol. The third-order valence-electron chi connectivity index (χ3n) is 9.19. The van der Waals surface area contributed by atoms with Gasteiger partial charge in [-0.1, -0.05) is 181 Å². The zero-order valence-electron chi connectivity index (χ0n) is 29.4.